The Bertz CT molecular complexity index is 372. The average Bonchev–Trinajstić information content (AvgIpc) is 2.27. The number of carbonyl (C=O) groups excluding carboxylic acids is 1. The topological polar surface area (TPSA) is 20.3 Å². The molecule has 0 saturated heterocycles. The highest BCUT2D eigenvalue weighted by Gasteiger charge is 2.33. The summed E-state index contributed by atoms with van der Waals surface area (Å²) in [5, 5.41) is 0. The molecule has 0 bridgehead atoms. The van der Waals surface area contributed by atoms with Gasteiger partial charge in [0, 0.05) is 9.13 Å². The Morgan fingerprint density at radius 2 is 1.81 bits per heavy atom. The van der Waals surface area contributed by atoms with Crippen LogP contribution in [0.3, 0.4) is 0 Å². The highest BCUT2D eigenvalue weighted by atomic mass is 127. The van der Waals surface area contributed by atoms with Crippen LogP contribution in [0.1, 0.15) is 30.6 Å². The van der Waals surface area contributed by atoms with Crippen molar-refractivity contribution in [2.45, 2.75) is 25.8 Å². The van der Waals surface area contributed by atoms with Crippen molar-refractivity contribution in [1.82, 2.24) is 4.90 Å². The fourth-order valence-corrected chi connectivity index (χ4v) is 1.95. The fraction of sp³-hybridized carbons (Fsp3) is 0.462. The van der Waals surface area contributed by atoms with Gasteiger partial charge in [-0.25, -0.2) is 0 Å². The molecule has 3 heteroatoms. The maximum Gasteiger partial charge on any atom is 0.182 e. The minimum Gasteiger partial charge on any atom is -0.297 e. The minimum absolute atomic E-state index is 0.191. The normalized spacial score (nSPS) is 14.9. The predicted octanol–water partition coefficient (Wildman–Crippen LogP) is 3.20. The highest BCUT2D eigenvalue weighted by molar-refractivity contribution is 14.1. The van der Waals surface area contributed by atoms with Gasteiger partial charge < -0.3 is 0 Å². The Hall–Kier alpha value is -0.420. The molecule has 1 atom stereocenters. The van der Waals surface area contributed by atoms with Crippen LogP contribution in [-0.4, -0.2) is 30.3 Å². The molecule has 0 aliphatic heterocycles. The molecule has 0 radical (unpaired) electrons. The monoisotopic (exact) mass is 331 g/mol. The quantitative estimate of drug-likeness (QED) is 0.624. The van der Waals surface area contributed by atoms with Crippen molar-refractivity contribution in [2.75, 3.05) is 14.1 Å². The molecule has 0 aliphatic carbocycles. The molecule has 1 aromatic rings. The summed E-state index contributed by atoms with van der Waals surface area (Å²) in [7, 11) is 3.90. The van der Waals surface area contributed by atoms with Gasteiger partial charge in [-0.05, 0) is 62.2 Å². The van der Waals surface area contributed by atoms with E-state index in [1.54, 1.807) is 0 Å². The Kier molecular flexibility index (Phi) is 4.50. The minimum atomic E-state index is -0.410. The van der Waals surface area contributed by atoms with Crippen molar-refractivity contribution < 1.29 is 4.79 Å². The van der Waals surface area contributed by atoms with E-state index in [0.29, 0.717) is 0 Å². The van der Waals surface area contributed by atoms with Gasteiger partial charge in [0.05, 0.1) is 5.54 Å². The maximum absolute atomic E-state index is 12.4. The van der Waals surface area contributed by atoms with Crippen LogP contribution in [0.25, 0.3) is 0 Å². The number of halogens is 1. The van der Waals surface area contributed by atoms with Crippen LogP contribution >= 0.6 is 22.6 Å². The molecule has 0 N–H and O–H groups in total. The Morgan fingerprint density at radius 1 is 1.31 bits per heavy atom. The number of carbonyl (C=O) groups is 1. The molecule has 0 fully saturated rings. The summed E-state index contributed by atoms with van der Waals surface area (Å²) in [5.74, 6) is 0.191. The van der Waals surface area contributed by atoms with E-state index in [-0.39, 0.29) is 5.78 Å². The van der Waals surface area contributed by atoms with E-state index >= 15 is 0 Å². The standard InChI is InChI=1S/C13H18INO/c1-5-13(2,15(3)4)12(16)10-6-8-11(14)9-7-10/h6-9H,5H2,1-4H3. The number of rotatable bonds is 4. The molecule has 0 spiro atoms. The summed E-state index contributed by atoms with van der Waals surface area (Å²) >= 11 is 2.24. The van der Waals surface area contributed by atoms with Crippen LogP contribution in [0.5, 0.6) is 0 Å². The van der Waals surface area contributed by atoms with Crippen molar-refractivity contribution in [3.8, 4) is 0 Å². The Morgan fingerprint density at radius 3 is 2.19 bits per heavy atom. The SMILES string of the molecule is CCC(C)(C(=O)c1ccc(I)cc1)N(C)C. The van der Waals surface area contributed by atoms with Gasteiger partial charge in [-0.2, -0.15) is 0 Å². The third-order valence-corrected chi connectivity index (χ3v) is 3.99. The van der Waals surface area contributed by atoms with Gasteiger partial charge in [-0.1, -0.05) is 19.1 Å². The van der Waals surface area contributed by atoms with Crippen molar-refractivity contribution in [2.24, 2.45) is 0 Å². The van der Waals surface area contributed by atoms with Crippen LogP contribution in [-0.2, 0) is 0 Å². The molecule has 0 amide bonds. The zero-order valence-electron chi connectivity index (χ0n) is 10.2. The van der Waals surface area contributed by atoms with Crippen LogP contribution in [0.15, 0.2) is 24.3 Å². The van der Waals surface area contributed by atoms with Crippen molar-refractivity contribution in [3.05, 3.63) is 33.4 Å². The van der Waals surface area contributed by atoms with Crippen LogP contribution in [0, 0.1) is 3.57 Å². The van der Waals surface area contributed by atoms with Gasteiger partial charge in [0.15, 0.2) is 5.78 Å². The van der Waals surface area contributed by atoms with E-state index < -0.39 is 5.54 Å². The summed E-state index contributed by atoms with van der Waals surface area (Å²) in [5.41, 5.74) is 0.380. The summed E-state index contributed by atoms with van der Waals surface area (Å²) in [6.45, 7) is 4.04. The van der Waals surface area contributed by atoms with Crippen LogP contribution in [0.2, 0.25) is 0 Å². The summed E-state index contributed by atoms with van der Waals surface area (Å²) in [4.78, 5) is 14.4. The van der Waals surface area contributed by atoms with Gasteiger partial charge in [0.25, 0.3) is 0 Å². The second-order valence-corrected chi connectivity index (χ2v) is 5.60. The molecule has 2 nitrogen and oxygen atoms in total. The van der Waals surface area contributed by atoms with Crippen LogP contribution in [0.4, 0.5) is 0 Å². The molecule has 16 heavy (non-hydrogen) atoms. The van der Waals surface area contributed by atoms with Gasteiger partial charge in [-0.15, -0.1) is 0 Å². The number of ketones is 1. The summed E-state index contributed by atoms with van der Waals surface area (Å²) in [6.07, 6.45) is 0.810. The molecule has 0 saturated carbocycles. The lowest BCUT2D eigenvalue weighted by Gasteiger charge is -2.34. The molecule has 0 aromatic heterocycles. The molecular formula is C13H18INO. The van der Waals surface area contributed by atoms with E-state index in [2.05, 4.69) is 22.6 Å². The van der Waals surface area contributed by atoms with Gasteiger partial charge in [0.1, 0.15) is 0 Å². The lowest BCUT2D eigenvalue weighted by atomic mass is 9.87. The summed E-state index contributed by atoms with van der Waals surface area (Å²) in [6, 6.07) is 7.75. The number of nitrogens with zero attached hydrogens (tertiary/aromatic N) is 1. The number of benzene rings is 1. The van der Waals surface area contributed by atoms with E-state index in [1.165, 1.54) is 0 Å². The first-order chi connectivity index (χ1) is 7.41. The van der Waals surface area contributed by atoms with Crippen molar-refractivity contribution >= 4 is 28.4 Å². The number of hydrogen-bond acceptors (Lipinski definition) is 2. The predicted molar refractivity (Wildman–Crippen MR) is 75.9 cm³/mol. The summed E-state index contributed by atoms with van der Waals surface area (Å²) < 4.78 is 1.15. The number of hydrogen-bond donors (Lipinski definition) is 0. The smallest absolute Gasteiger partial charge is 0.182 e. The van der Waals surface area contributed by atoms with Gasteiger partial charge in [0.2, 0.25) is 0 Å². The molecule has 1 unspecified atom stereocenters. The van der Waals surface area contributed by atoms with Gasteiger partial charge >= 0.3 is 0 Å². The fourth-order valence-electron chi connectivity index (χ4n) is 1.59. The van der Waals surface area contributed by atoms with Crippen molar-refractivity contribution in [3.63, 3.8) is 0 Å². The largest absolute Gasteiger partial charge is 0.297 e. The first-order valence-electron chi connectivity index (χ1n) is 5.39. The second-order valence-electron chi connectivity index (χ2n) is 4.36. The maximum atomic E-state index is 12.4. The Balaban J connectivity index is 3.05. The molecular weight excluding hydrogens is 313 g/mol. The molecule has 1 aromatic carbocycles. The van der Waals surface area contributed by atoms with Crippen LogP contribution < -0.4 is 0 Å². The molecule has 0 heterocycles. The first-order valence-corrected chi connectivity index (χ1v) is 6.47. The molecule has 1 rings (SSSR count). The molecule has 0 aliphatic rings. The third-order valence-electron chi connectivity index (χ3n) is 3.27. The lowest BCUT2D eigenvalue weighted by Crippen LogP contribution is -2.48. The highest BCUT2D eigenvalue weighted by Crippen LogP contribution is 2.22. The van der Waals surface area contributed by atoms with E-state index in [0.717, 1.165) is 15.6 Å². The molecule has 88 valence electrons. The number of likely N-dealkylation sites (N-methyl/N-ethyl adjacent to an activating group) is 1. The first kappa shape index (κ1) is 13.6. The lowest BCUT2D eigenvalue weighted by molar-refractivity contribution is 0.0710. The zero-order valence-corrected chi connectivity index (χ0v) is 12.4. The van der Waals surface area contributed by atoms with E-state index in [9.17, 15) is 4.79 Å². The second kappa shape index (κ2) is 5.27. The van der Waals surface area contributed by atoms with Crippen molar-refractivity contribution in [1.29, 1.82) is 0 Å². The third kappa shape index (κ3) is 2.63. The van der Waals surface area contributed by atoms with Gasteiger partial charge in [-0.3, -0.25) is 9.69 Å². The van der Waals surface area contributed by atoms with E-state index in [1.807, 2.05) is 57.1 Å². The Labute approximate surface area is 111 Å². The zero-order chi connectivity index (χ0) is 12.3. The number of Topliss-reactive ketones (excluding diaryl/α,β-unsaturated/α-hetero) is 1. The average molecular weight is 331 g/mol. The van der Waals surface area contributed by atoms with E-state index in [4.69, 9.17) is 0 Å².